The van der Waals surface area contributed by atoms with Crippen molar-refractivity contribution >= 4 is 29.6 Å². The fourth-order valence-corrected chi connectivity index (χ4v) is 2.42. The van der Waals surface area contributed by atoms with Gasteiger partial charge in [0.2, 0.25) is 0 Å². The van der Waals surface area contributed by atoms with Crippen LogP contribution in [0.25, 0.3) is 0 Å². The Morgan fingerprint density at radius 1 is 0.778 bits per heavy atom. The first-order chi connectivity index (χ1) is 15.8. The SMILES string of the molecule is CC(=O)C(C)C(C)C(C)C(C)=O.CC(=O)O.CC=O.CCC(C)=O.Cc1nc(C)c(C)c(C)c1C.N. The van der Waals surface area contributed by atoms with Crippen molar-refractivity contribution in [2.45, 2.75) is 103 Å². The van der Waals surface area contributed by atoms with E-state index in [-0.39, 0.29) is 41.3 Å². The molecule has 0 aliphatic heterocycles. The lowest BCUT2D eigenvalue weighted by Gasteiger charge is -2.21. The summed E-state index contributed by atoms with van der Waals surface area (Å²) in [6, 6.07) is 0. The van der Waals surface area contributed by atoms with Crippen molar-refractivity contribution in [1.82, 2.24) is 11.1 Å². The Balaban J connectivity index is -0.000000122. The van der Waals surface area contributed by atoms with Crippen LogP contribution in [0.3, 0.4) is 0 Å². The van der Waals surface area contributed by atoms with Crippen LogP contribution in [0.15, 0.2) is 0 Å². The fraction of sp³-hybridized carbons (Fsp3) is 0.643. The van der Waals surface area contributed by atoms with Crippen LogP contribution in [0.2, 0.25) is 0 Å². The lowest BCUT2D eigenvalue weighted by Crippen LogP contribution is -2.26. The van der Waals surface area contributed by atoms with Gasteiger partial charge in [0.1, 0.15) is 23.6 Å². The molecule has 4 N–H and O–H groups in total. The molecule has 1 aromatic heterocycles. The molecule has 0 bridgehead atoms. The predicted molar refractivity (Wildman–Crippen MR) is 148 cm³/mol. The first kappa shape index (κ1) is 43.3. The minimum Gasteiger partial charge on any atom is -0.481 e. The lowest BCUT2D eigenvalue weighted by molar-refractivity contribution is -0.134. The number of carbonyl (C=O) groups excluding carboxylic acids is 4. The van der Waals surface area contributed by atoms with Crippen LogP contribution in [0.1, 0.15) is 96.8 Å². The fourth-order valence-electron chi connectivity index (χ4n) is 2.42. The van der Waals surface area contributed by atoms with Gasteiger partial charge in [-0.1, -0.05) is 27.7 Å². The van der Waals surface area contributed by atoms with Crippen molar-refractivity contribution in [2.75, 3.05) is 0 Å². The Morgan fingerprint density at radius 3 is 1.17 bits per heavy atom. The maximum absolute atomic E-state index is 11.0. The molecule has 0 aromatic carbocycles. The van der Waals surface area contributed by atoms with Gasteiger partial charge < -0.3 is 20.8 Å². The van der Waals surface area contributed by atoms with Gasteiger partial charge in [-0.3, -0.25) is 19.4 Å². The number of carbonyl (C=O) groups is 5. The smallest absolute Gasteiger partial charge is 0.300 e. The number of pyridine rings is 1. The van der Waals surface area contributed by atoms with Crippen LogP contribution in [0.5, 0.6) is 0 Å². The predicted octanol–water partition coefficient (Wildman–Crippen LogP) is 6.14. The molecule has 0 amide bonds. The third-order valence-electron chi connectivity index (χ3n) is 5.90. The second-order valence-corrected chi connectivity index (χ2v) is 8.63. The normalized spacial score (nSPS) is 11.3. The molecule has 0 radical (unpaired) electrons. The molecule has 2 atom stereocenters. The van der Waals surface area contributed by atoms with Crippen LogP contribution in [0, 0.1) is 52.4 Å². The van der Waals surface area contributed by atoms with Crippen molar-refractivity contribution < 1.29 is 29.1 Å². The van der Waals surface area contributed by atoms with Crippen molar-refractivity contribution in [3.8, 4) is 0 Å². The molecule has 1 heterocycles. The largest absolute Gasteiger partial charge is 0.481 e. The number of aromatic nitrogens is 1. The van der Waals surface area contributed by atoms with Crippen LogP contribution < -0.4 is 6.15 Å². The highest BCUT2D eigenvalue weighted by molar-refractivity contribution is 5.81. The molecule has 0 aliphatic rings. The molecule has 8 nitrogen and oxygen atoms in total. The van der Waals surface area contributed by atoms with Crippen LogP contribution in [-0.2, 0) is 24.0 Å². The first-order valence-corrected chi connectivity index (χ1v) is 11.8. The molecule has 1 aromatic rings. The van der Waals surface area contributed by atoms with E-state index in [1.165, 1.54) is 23.6 Å². The average molecular weight is 513 g/mol. The summed E-state index contributed by atoms with van der Waals surface area (Å²) < 4.78 is 0. The van der Waals surface area contributed by atoms with Gasteiger partial charge in [-0.25, -0.2) is 0 Å². The van der Waals surface area contributed by atoms with Crippen molar-refractivity contribution in [2.24, 2.45) is 17.8 Å². The second kappa shape index (κ2) is 24.0. The number of ketones is 3. The van der Waals surface area contributed by atoms with Gasteiger partial charge in [0.25, 0.3) is 5.97 Å². The maximum Gasteiger partial charge on any atom is 0.300 e. The van der Waals surface area contributed by atoms with E-state index in [1.807, 2.05) is 27.7 Å². The number of aldehydes is 1. The van der Waals surface area contributed by atoms with Crippen molar-refractivity contribution in [3.63, 3.8) is 0 Å². The zero-order valence-electron chi connectivity index (χ0n) is 25.2. The van der Waals surface area contributed by atoms with Gasteiger partial charge in [0, 0.05) is 36.6 Å². The third-order valence-corrected chi connectivity index (χ3v) is 5.90. The number of rotatable bonds is 5. The summed E-state index contributed by atoms with van der Waals surface area (Å²) in [5.41, 5.74) is 6.35. The number of hydrogen-bond acceptors (Lipinski definition) is 7. The van der Waals surface area contributed by atoms with Gasteiger partial charge in [0.05, 0.1) is 0 Å². The van der Waals surface area contributed by atoms with E-state index in [1.54, 1.807) is 20.8 Å². The summed E-state index contributed by atoms with van der Waals surface area (Å²) in [6.45, 7) is 25.4. The van der Waals surface area contributed by atoms with E-state index in [0.717, 1.165) is 24.6 Å². The molecule has 2 unspecified atom stereocenters. The molecule has 0 saturated carbocycles. The number of Topliss-reactive ketones (excluding diaryl/α,β-unsaturated/α-hetero) is 3. The Kier molecular flexibility index (Phi) is 28.9. The Hall–Kier alpha value is -2.74. The molecule has 36 heavy (non-hydrogen) atoms. The molecule has 0 fully saturated rings. The highest BCUT2D eigenvalue weighted by atomic mass is 16.4. The Bertz CT molecular complexity index is 768. The standard InChI is InChI=1S/C10H15N.C10H18O2.C4H8O.C2H4O2.C2H4O.H3N/c1-6-7(2)9(4)11-10(5)8(6)3;1-6(7(2)9(4)11)8(3)10(5)12;1-3-4(2)5;1-2(3)4;1-2-3;/h1-5H3;6-8H,1-5H3;3H2,1-2H3;1H3,(H,3,4);2H,1H3;1H3. The lowest BCUT2D eigenvalue weighted by atomic mass is 9.81. The zero-order valence-corrected chi connectivity index (χ0v) is 25.2. The summed E-state index contributed by atoms with van der Waals surface area (Å²) in [4.78, 5) is 54.1. The summed E-state index contributed by atoms with van der Waals surface area (Å²) in [5, 5.41) is 7.42. The van der Waals surface area contributed by atoms with Crippen molar-refractivity contribution in [1.29, 1.82) is 0 Å². The quantitative estimate of drug-likeness (QED) is 0.446. The van der Waals surface area contributed by atoms with Crippen LogP contribution in [0.4, 0.5) is 0 Å². The van der Waals surface area contributed by atoms with E-state index >= 15 is 0 Å². The number of hydrogen-bond donors (Lipinski definition) is 2. The highest BCUT2D eigenvalue weighted by Gasteiger charge is 2.24. The Morgan fingerprint density at radius 2 is 1.00 bits per heavy atom. The minimum atomic E-state index is -0.833. The highest BCUT2D eigenvalue weighted by Crippen LogP contribution is 2.21. The average Bonchev–Trinajstić information content (AvgIpc) is 2.75. The number of carboxylic acids is 1. The Labute approximate surface area is 219 Å². The van der Waals surface area contributed by atoms with E-state index in [4.69, 9.17) is 14.7 Å². The topological polar surface area (TPSA) is 153 Å². The van der Waals surface area contributed by atoms with E-state index < -0.39 is 5.97 Å². The van der Waals surface area contributed by atoms with E-state index in [9.17, 15) is 14.4 Å². The van der Waals surface area contributed by atoms with Gasteiger partial charge in [0.15, 0.2) is 0 Å². The van der Waals surface area contributed by atoms with Crippen molar-refractivity contribution in [3.05, 3.63) is 28.1 Å². The summed E-state index contributed by atoms with van der Waals surface area (Å²) in [7, 11) is 0. The number of carboxylic acid groups (broad SMARTS) is 1. The molecule has 0 aliphatic carbocycles. The second-order valence-electron chi connectivity index (χ2n) is 8.63. The molecule has 1 rings (SSSR count). The van der Waals surface area contributed by atoms with Gasteiger partial charge >= 0.3 is 0 Å². The summed E-state index contributed by atoms with van der Waals surface area (Å²) >= 11 is 0. The minimum absolute atomic E-state index is 0. The molecule has 8 heteroatoms. The van der Waals surface area contributed by atoms with Gasteiger partial charge in [-0.05, 0) is 84.9 Å². The van der Waals surface area contributed by atoms with Crippen LogP contribution in [-0.4, -0.2) is 39.7 Å². The molecule has 210 valence electrons. The van der Waals surface area contributed by atoms with Gasteiger partial charge in [-0.2, -0.15) is 0 Å². The van der Waals surface area contributed by atoms with Crippen LogP contribution >= 0.6 is 0 Å². The molecular formula is C28H52N2O6. The number of aryl methyl sites for hydroxylation is 2. The summed E-state index contributed by atoms with van der Waals surface area (Å²) in [5.74, 6) is -0.121. The first-order valence-electron chi connectivity index (χ1n) is 11.8. The van der Waals surface area contributed by atoms with Gasteiger partial charge in [-0.15, -0.1) is 0 Å². The number of aliphatic carboxylic acids is 1. The molecule has 0 spiro atoms. The zero-order chi connectivity index (χ0) is 29.0. The summed E-state index contributed by atoms with van der Waals surface area (Å²) in [6.07, 6.45) is 1.42. The molecule has 0 saturated heterocycles. The monoisotopic (exact) mass is 512 g/mol. The molecular weight excluding hydrogens is 460 g/mol. The number of nitrogens with zero attached hydrogens (tertiary/aromatic N) is 1. The van der Waals surface area contributed by atoms with E-state index in [0.29, 0.717) is 6.42 Å². The maximum atomic E-state index is 11.0. The van der Waals surface area contributed by atoms with E-state index in [2.05, 4.69) is 39.6 Å². The third kappa shape index (κ3) is 23.0.